The van der Waals surface area contributed by atoms with Crippen LogP contribution in [0.25, 0.3) is 10.4 Å². The van der Waals surface area contributed by atoms with Gasteiger partial charge in [0.25, 0.3) is 5.91 Å². The Bertz CT molecular complexity index is 1250. The van der Waals surface area contributed by atoms with Gasteiger partial charge >= 0.3 is 12.0 Å². The molecule has 4 amide bonds. The van der Waals surface area contributed by atoms with Crippen LogP contribution in [0.4, 0.5) is 9.80 Å². The van der Waals surface area contributed by atoms with E-state index in [4.69, 9.17) is 4.74 Å². The van der Waals surface area contributed by atoms with Crippen molar-refractivity contribution in [1.29, 1.82) is 0 Å². The number of amides is 4. The van der Waals surface area contributed by atoms with Crippen LogP contribution in [0.3, 0.4) is 0 Å². The van der Waals surface area contributed by atoms with E-state index in [1.165, 1.54) is 22.7 Å². The number of carbonyl (C=O) groups is 4. The van der Waals surface area contributed by atoms with Gasteiger partial charge in [0.05, 0.1) is 12.2 Å². The molecule has 2 aromatic heterocycles. The summed E-state index contributed by atoms with van der Waals surface area (Å²) in [4.78, 5) is 53.5. The van der Waals surface area contributed by atoms with Gasteiger partial charge in [0.15, 0.2) is 5.54 Å². The van der Waals surface area contributed by atoms with E-state index in [0.717, 1.165) is 15.3 Å². The maximum atomic E-state index is 13.0. The van der Waals surface area contributed by atoms with Gasteiger partial charge in [-0.15, -0.1) is 22.7 Å². The molecule has 1 fully saturated rings. The number of ether oxygens (including phenoxy) is 1. The van der Waals surface area contributed by atoms with Crippen LogP contribution < -0.4 is 10.6 Å². The first kappa shape index (κ1) is 23.7. The van der Waals surface area contributed by atoms with Crippen molar-refractivity contribution < 1.29 is 23.9 Å². The van der Waals surface area contributed by atoms with Gasteiger partial charge in [-0.2, -0.15) is 0 Å². The first-order valence-corrected chi connectivity index (χ1v) is 12.3. The van der Waals surface area contributed by atoms with E-state index in [1.807, 2.05) is 35.7 Å². The van der Waals surface area contributed by atoms with E-state index in [1.54, 1.807) is 32.9 Å². The molecule has 0 aliphatic carbocycles. The summed E-state index contributed by atoms with van der Waals surface area (Å²) in [6.45, 7) is 4.82. The lowest BCUT2D eigenvalue weighted by atomic mass is 10.0. The average Bonchev–Trinajstić information content (AvgIpc) is 3.50. The Morgan fingerprint density at radius 1 is 1.15 bits per heavy atom. The molecule has 176 valence electrons. The maximum Gasteiger partial charge on any atom is 0.341 e. The summed E-state index contributed by atoms with van der Waals surface area (Å²) in [6, 6.07) is 12.4. The molecule has 0 spiro atoms. The second-order valence-electron chi connectivity index (χ2n) is 7.82. The number of esters is 1. The molecule has 3 aromatic rings. The molecule has 1 aromatic carbocycles. The largest absolute Gasteiger partial charge is 0.462 e. The van der Waals surface area contributed by atoms with E-state index in [-0.39, 0.29) is 12.2 Å². The Labute approximate surface area is 204 Å². The first-order chi connectivity index (χ1) is 16.3. The number of carbonyl (C=O) groups excluding carboxylic acids is 4. The molecule has 3 heterocycles. The molecular weight excluding hydrogens is 474 g/mol. The molecule has 1 saturated heterocycles. The van der Waals surface area contributed by atoms with Gasteiger partial charge in [0.1, 0.15) is 11.5 Å². The van der Waals surface area contributed by atoms with Crippen molar-refractivity contribution in [1.82, 2.24) is 10.2 Å². The summed E-state index contributed by atoms with van der Waals surface area (Å²) in [5, 5.41) is 7.53. The Morgan fingerprint density at radius 3 is 2.53 bits per heavy atom. The van der Waals surface area contributed by atoms with Crippen molar-refractivity contribution in [2.75, 3.05) is 18.5 Å². The van der Waals surface area contributed by atoms with E-state index >= 15 is 0 Å². The zero-order valence-corrected chi connectivity index (χ0v) is 20.5. The molecule has 8 nitrogen and oxygen atoms in total. The van der Waals surface area contributed by atoms with Crippen molar-refractivity contribution in [2.45, 2.75) is 26.3 Å². The lowest BCUT2D eigenvalue weighted by Crippen LogP contribution is -2.41. The van der Waals surface area contributed by atoms with Gasteiger partial charge in [-0.3, -0.25) is 14.5 Å². The number of anilines is 1. The van der Waals surface area contributed by atoms with E-state index in [0.29, 0.717) is 15.4 Å². The molecule has 2 N–H and O–H groups in total. The number of benzene rings is 1. The van der Waals surface area contributed by atoms with Crippen molar-refractivity contribution in [3.8, 4) is 10.4 Å². The van der Waals surface area contributed by atoms with Crippen molar-refractivity contribution >= 4 is 51.5 Å². The Morgan fingerprint density at radius 2 is 1.88 bits per heavy atom. The van der Waals surface area contributed by atoms with Crippen LogP contribution in [-0.2, 0) is 19.9 Å². The standard InChI is InChI=1S/C24H23N3O5S2/c1-4-32-21(29)18-14(2)19(15-9-6-5-7-10-15)34-20(18)25-17(28)13-27-22(30)24(3,26-23(27)31)16-11-8-12-33-16/h5-12H,4,13H2,1-3H3,(H,25,28)(H,26,31). The van der Waals surface area contributed by atoms with Crippen molar-refractivity contribution in [2.24, 2.45) is 0 Å². The number of nitrogens with one attached hydrogen (secondary N) is 2. The predicted molar refractivity (Wildman–Crippen MR) is 131 cm³/mol. The van der Waals surface area contributed by atoms with Crippen LogP contribution in [0.1, 0.15) is 34.6 Å². The molecule has 0 saturated carbocycles. The third kappa shape index (κ3) is 4.22. The molecule has 1 aliphatic heterocycles. The second kappa shape index (κ2) is 9.40. The maximum absolute atomic E-state index is 13.0. The molecule has 0 bridgehead atoms. The molecular formula is C24H23N3O5S2. The lowest BCUT2D eigenvalue weighted by Gasteiger charge is -2.19. The minimum absolute atomic E-state index is 0.186. The monoisotopic (exact) mass is 497 g/mol. The fourth-order valence-electron chi connectivity index (χ4n) is 3.80. The van der Waals surface area contributed by atoms with Crippen LogP contribution in [0.5, 0.6) is 0 Å². The number of nitrogens with zero attached hydrogens (tertiary/aromatic N) is 1. The first-order valence-electron chi connectivity index (χ1n) is 10.6. The number of imide groups is 1. The van der Waals surface area contributed by atoms with Crippen LogP contribution in [0, 0.1) is 6.92 Å². The third-order valence-corrected chi connectivity index (χ3v) is 7.85. The van der Waals surface area contributed by atoms with E-state index in [2.05, 4.69) is 10.6 Å². The van der Waals surface area contributed by atoms with E-state index < -0.39 is 35.9 Å². The normalized spacial score (nSPS) is 17.6. The Kier molecular flexibility index (Phi) is 6.54. The summed E-state index contributed by atoms with van der Waals surface area (Å²) < 4.78 is 5.21. The zero-order valence-electron chi connectivity index (χ0n) is 18.8. The van der Waals surface area contributed by atoms with Crippen molar-refractivity contribution in [3.05, 3.63) is 63.8 Å². The van der Waals surface area contributed by atoms with Gasteiger partial charge in [-0.05, 0) is 43.3 Å². The molecule has 4 rings (SSSR count). The van der Waals surface area contributed by atoms with Crippen LogP contribution in [0.2, 0.25) is 0 Å². The number of thiophene rings is 2. The molecule has 0 radical (unpaired) electrons. The highest BCUT2D eigenvalue weighted by Crippen LogP contribution is 2.40. The summed E-state index contributed by atoms with van der Waals surface area (Å²) in [5.74, 6) is -1.65. The van der Waals surface area contributed by atoms with Gasteiger partial charge in [0, 0.05) is 9.75 Å². The predicted octanol–water partition coefficient (Wildman–Crippen LogP) is 4.37. The quantitative estimate of drug-likeness (QED) is 0.373. The minimum Gasteiger partial charge on any atom is -0.462 e. The molecule has 1 atom stereocenters. The molecule has 1 unspecified atom stereocenters. The van der Waals surface area contributed by atoms with Crippen LogP contribution in [-0.4, -0.2) is 41.9 Å². The van der Waals surface area contributed by atoms with Gasteiger partial charge in [-0.1, -0.05) is 36.4 Å². The Balaban J connectivity index is 1.59. The topological polar surface area (TPSA) is 105 Å². The Hall–Kier alpha value is -3.50. The fraction of sp³-hybridized carbons (Fsp3) is 0.250. The van der Waals surface area contributed by atoms with Gasteiger partial charge in [-0.25, -0.2) is 9.59 Å². The lowest BCUT2D eigenvalue weighted by molar-refractivity contribution is -0.133. The highest BCUT2D eigenvalue weighted by atomic mass is 32.1. The third-order valence-electron chi connectivity index (χ3n) is 5.51. The molecule has 1 aliphatic rings. The average molecular weight is 498 g/mol. The minimum atomic E-state index is -1.22. The highest BCUT2D eigenvalue weighted by molar-refractivity contribution is 7.20. The number of rotatable bonds is 7. The number of hydrogen-bond acceptors (Lipinski definition) is 7. The number of urea groups is 1. The van der Waals surface area contributed by atoms with Gasteiger partial charge in [0.2, 0.25) is 5.91 Å². The van der Waals surface area contributed by atoms with Crippen LogP contribution >= 0.6 is 22.7 Å². The van der Waals surface area contributed by atoms with Gasteiger partial charge < -0.3 is 15.4 Å². The molecule has 34 heavy (non-hydrogen) atoms. The number of hydrogen-bond donors (Lipinski definition) is 2. The summed E-state index contributed by atoms with van der Waals surface area (Å²) in [5.41, 5.74) is 0.628. The second-order valence-corrected chi connectivity index (χ2v) is 9.79. The van der Waals surface area contributed by atoms with Crippen molar-refractivity contribution in [3.63, 3.8) is 0 Å². The van der Waals surface area contributed by atoms with E-state index in [9.17, 15) is 19.2 Å². The zero-order chi connectivity index (χ0) is 24.5. The smallest absolute Gasteiger partial charge is 0.341 e. The summed E-state index contributed by atoms with van der Waals surface area (Å²) in [6.07, 6.45) is 0. The SMILES string of the molecule is CCOC(=O)c1c(NC(=O)CN2C(=O)NC(C)(c3cccs3)C2=O)sc(-c2ccccc2)c1C. The van der Waals surface area contributed by atoms with Crippen LogP contribution in [0.15, 0.2) is 47.8 Å². The molecule has 10 heteroatoms. The fourth-order valence-corrected chi connectivity index (χ4v) is 5.85. The summed E-state index contributed by atoms with van der Waals surface area (Å²) >= 11 is 2.59. The summed E-state index contributed by atoms with van der Waals surface area (Å²) in [7, 11) is 0. The highest BCUT2D eigenvalue weighted by Gasteiger charge is 2.50.